The van der Waals surface area contributed by atoms with E-state index in [9.17, 15) is 9.59 Å². The molecule has 1 heterocycles. The minimum atomic E-state index is -0.843. The molecule has 26 heavy (non-hydrogen) atoms. The van der Waals surface area contributed by atoms with Gasteiger partial charge in [-0.05, 0) is 42.3 Å². The second-order valence-corrected chi connectivity index (χ2v) is 6.09. The third kappa shape index (κ3) is 4.34. The fourth-order valence-electron chi connectivity index (χ4n) is 2.28. The predicted molar refractivity (Wildman–Crippen MR) is 97.9 cm³/mol. The van der Waals surface area contributed by atoms with E-state index in [0.717, 1.165) is 11.1 Å². The monoisotopic (exact) mass is 372 g/mol. The lowest BCUT2D eigenvalue weighted by Crippen LogP contribution is -2.50. The highest BCUT2D eigenvalue weighted by Gasteiger charge is 2.27. The average Bonchev–Trinajstić information content (AvgIpc) is 2.66. The molecular weight excluding hydrogens is 356 g/mol. The second kappa shape index (κ2) is 7.93. The summed E-state index contributed by atoms with van der Waals surface area (Å²) < 4.78 is 11.0. The molecule has 1 aliphatic heterocycles. The number of halogens is 1. The van der Waals surface area contributed by atoms with Crippen molar-refractivity contribution in [3.63, 3.8) is 0 Å². The van der Waals surface area contributed by atoms with Gasteiger partial charge in [0.15, 0.2) is 11.5 Å². The van der Waals surface area contributed by atoms with Crippen LogP contribution in [0.15, 0.2) is 48.5 Å². The summed E-state index contributed by atoms with van der Waals surface area (Å²) in [7, 11) is 0. The fraction of sp³-hybridized carbons (Fsp3) is 0.158. The molecule has 3 rings (SSSR count). The van der Waals surface area contributed by atoms with Gasteiger partial charge in [0.1, 0.15) is 6.61 Å². The first-order valence-corrected chi connectivity index (χ1v) is 8.33. The molecule has 2 aromatic carbocycles. The van der Waals surface area contributed by atoms with Gasteiger partial charge in [-0.1, -0.05) is 35.9 Å². The van der Waals surface area contributed by atoms with Gasteiger partial charge in [-0.3, -0.25) is 20.4 Å². The number of nitrogens with one attached hydrogen (secondary N) is 2. The Morgan fingerprint density at radius 3 is 2.69 bits per heavy atom. The number of ether oxygens (including phenoxy) is 2. The van der Waals surface area contributed by atoms with Crippen LogP contribution in [0, 0.1) is 6.92 Å². The number of hydrazine groups is 1. The summed E-state index contributed by atoms with van der Waals surface area (Å²) in [6.45, 7) is 1.96. The number of benzene rings is 2. The van der Waals surface area contributed by atoms with Crippen molar-refractivity contribution >= 4 is 29.5 Å². The molecule has 0 saturated heterocycles. The van der Waals surface area contributed by atoms with Crippen molar-refractivity contribution in [2.24, 2.45) is 0 Å². The number of carbonyl (C=O) groups excluding carboxylic acids is 2. The molecule has 7 heteroatoms. The zero-order valence-corrected chi connectivity index (χ0v) is 14.7. The fourth-order valence-corrected chi connectivity index (χ4v) is 2.47. The Hall–Kier alpha value is -2.99. The zero-order chi connectivity index (χ0) is 18.5. The van der Waals surface area contributed by atoms with Crippen LogP contribution in [0.5, 0.6) is 11.5 Å². The standard InChI is InChI=1S/C19H17ClN2O4/c1-12-6-7-13(10-14(12)20)8-9-18(23)21-22-19(24)17-11-25-15-4-2-3-5-16(15)26-17/h2-10,17H,11H2,1H3,(H,21,23)(H,22,24)/b9-8+. The lowest BCUT2D eigenvalue weighted by atomic mass is 10.1. The summed E-state index contributed by atoms with van der Waals surface area (Å²) in [5, 5.41) is 0.621. The van der Waals surface area contributed by atoms with Crippen LogP contribution in [-0.2, 0) is 9.59 Å². The third-order valence-corrected chi connectivity index (χ3v) is 4.14. The number of hydrogen-bond acceptors (Lipinski definition) is 4. The molecule has 0 saturated carbocycles. The van der Waals surface area contributed by atoms with E-state index in [1.54, 1.807) is 30.3 Å². The van der Waals surface area contributed by atoms with Gasteiger partial charge in [0.05, 0.1) is 0 Å². The summed E-state index contributed by atoms with van der Waals surface area (Å²) in [4.78, 5) is 23.9. The maximum absolute atomic E-state index is 12.1. The van der Waals surface area contributed by atoms with Gasteiger partial charge in [-0.2, -0.15) is 0 Å². The van der Waals surface area contributed by atoms with Crippen molar-refractivity contribution in [2.45, 2.75) is 13.0 Å². The summed E-state index contributed by atoms with van der Waals surface area (Å²) in [6.07, 6.45) is 2.06. The Morgan fingerprint density at radius 2 is 1.92 bits per heavy atom. The summed E-state index contributed by atoms with van der Waals surface area (Å²) in [6, 6.07) is 12.5. The van der Waals surface area contributed by atoms with Crippen LogP contribution in [0.4, 0.5) is 0 Å². The SMILES string of the molecule is Cc1ccc(/C=C/C(=O)NNC(=O)C2COc3ccccc3O2)cc1Cl. The van der Waals surface area contributed by atoms with Gasteiger partial charge in [0.25, 0.3) is 11.8 Å². The predicted octanol–water partition coefficient (Wildman–Crippen LogP) is 2.65. The van der Waals surface area contributed by atoms with Crippen molar-refractivity contribution in [3.05, 3.63) is 64.7 Å². The molecule has 2 aromatic rings. The minimum Gasteiger partial charge on any atom is -0.485 e. The van der Waals surface area contributed by atoms with Gasteiger partial charge >= 0.3 is 0 Å². The topological polar surface area (TPSA) is 76.7 Å². The van der Waals surface area contributed by atoms with E-state index < -0.39 is 17.9 Å². The van der Waals surface area contributed by atoms with Gasteiger partial charge in [-0.25, -0.2) is 0 Å². The maximum Gasteiger partial charge on any atom is 0.283 e. The van der Waals surface area contributed by atoms with Gasteiger partial charge in [0.2, 0.25) is 6.10 Å². The van der Waals surface area contributed by atoms with Crippen molar-refractivity contribution in [3.8, 4) is 11.5 Å². The molecule has 0 radical (unpaired) electrons. The number of carbonyl (C=O) groups is 2. The highest BCUT2D eigenvalue weighted by atomic mass is 35.5. The Bertz CT molecular complexity index is 866. The molecule has 1 atom stereocenters. The Morgan fingerprint density at radius 1 is 1.15 bits per heavy atom. The van der Waals surface area contributed by atoms with E-state index in [2.05, 4.69) is 10.9 Å². The van der Waals surface area contributed by atoms with E-state index in [-0.39, 0.29) is 6.61 Å². The van der Waals surface area contributed by atoms with Gasteiger partial charge in [-0.15, -0.1) is 0 Å². The highest BCUT2D eigenvalue weighted by Crippen LogP contribution is 2.30. The number of amides is 2. The first kappa shape index (κ1) is 17.8. The van der Waals surface area contributed by atoms with E-state index in [1.165, 1.54) is 6.08 Å². The van der Waals surface area contributed by atoms with Crippen molar-refractivity contribution in [1.29, 1.82) is 0 Å². The summed E-state index contributed by atoms with van der Waals surface area (Å²) in [5.41, 5.74) is 6.36. The van der Waals surface area contributed by atoms with Crippen LogP contribution in [0.2, 0.25) is 5.02 Å². The number of fused-ring (bicyclic) bond motifs is 1. The van der Waals surface area contributed by atoms with E-state index in [4.69, 9.17) is 21.1 Å². The molecule has 2 amide bonds. The Balaban J connectivity index is 1.50. The molecule has 2 N–H and O–H groups in total. The lowest BCUT2D eigenvalue weighted by molar-refractivity contribution is -0.134. The van der Waals surface area contributed by atoms with Crippen molar-refractivity contribution in [2.75, 3.05) is 6.61 Å². The summed E-state index contributed by atoms with van der Waals surface area (Å²) >= 11 is 6.04. The van der Waals surface area contributed by atoms with Crippen LogP contribution >= 0.6 is 11.6 Å². The first-order chi connectivity index (χ1) is 12.5. The molecule has 1 aliphatic rings. The third-order valence-electron chi connectivity index (χ3n) is 3.73. The van der Waals surface area contributed by atoms with E-state index >= 15 is 0 Å². The molecule has 6 nitrogen and oxygen atoms in total. The number of aryl methyl sites for hydroxylation is 1. The molecule has 134 valence electrons. The van der Waals surface area contributed by atoms with Crippen LogP contribution in [-0.4, -0.2) is 24.5 Å². The van der Waals surface area contributed by atoms with Gasteiger partial charge in [0, 0.05) is 11.1 Å². The van der Waals surface area contributed by atoms with Crippen LogP contribution < -0.4 is 20.3 Å². The van der Waals surface area contributed by atoms with Crippen LogP contribution in [0.3, 0.4) is 0 Å². The minimum absolute atomic E-state index is 0.0659. The molecule has 0 aliphatic carbocycles. The molecule has 0 spiro atoms. The normalized spacial score (nSPS) is 15.5. The molecule has 0 bridgehead atoms. The van der Waals surface area contributed by atoms with E-state index in [0.29, 0.717) is 16.5 Å². The molecule has 0 aromatic heterocycles. The Labute approximate surface area is 155 Å². The van der Waals surface area contributed by atoms with Crippen molar-refractivity contribution in [1.82, 2.24) is 10.9 Å². The maximum atomic E-state index is 12.1. The smallest absolute Gasteiger partial charge is 0.283 e. The second-order valence-electron chi connectivity index (χ2n) is 5.68. The van der Waals surface area contributed by atoms with Crippen LogP contribution in [0.1, 0.15) is 11.1 Å². The van der Waals surface area contributed by atoms with E-state index in [1.807, 2.05) is 25.1 Å². The quantitative estimate of drug-likeness (QED) is 0.641. The average molecular weight is 373 g/mol. The van der Waals surface area contributed by atoms with Gasteiger partial charge < -0.3 is 9.47 Å². The molecule has 1 unspecified atom stereocenters. The number of hydrogen-bond donors (Lipinski definition) is 2. The molecule has 0 fully saturated rings. The largest absolute Gasteiger partial charge is 0.485 e. The highest BCUT2D eigenvalue weighted by molar-refractivity contribution is 6.31. The number of para-hydroxylation sites is 2. The molecular formula is C19H17ClN2O4. The first-order valence-electron chi connectivity index (χ1n) is 7.95. The lowest BCUT2D eigenvalue weighted by Gasteiger charge is -2.25. The zero-order valence-electron chi connectivity index (χ0n) is 14.0. The van der Waals surface area contributed by atoms with Crippen LogP contribution in [0.25, 0.3) is 6.08 Å². The van der Waals surface area contributed by atoms with Crippen molar-refractivity contribution < 1.29 is 19.1 Å². The number of rotatable bonds is 3. The Kier molecular flexibility index (Phi) is 5.43. The summed E-state index contributed by atoms with van der Waals surface area (Å²) in [5.74, 6) is 0.0912.